The second-order valence-electron chi connectivity index (χ2n) is 6.70. The predicted octanol–water partition coefficient (Wildman–Crippen LogP) is 4.10. The molecule has 1 aliphatic heterocycles. The molecule has 3 rings (SSSR count). The summed E-state index contributed by atoms with van der Waals surface area (Å²) in [5.74, 6) is 0.896. The van der Waals surface area contributed by atoms with Crippen LogP contribution < -0.4 is 15.8 Å². The summed E-state index contributed by atoms with van der Waals surface area (Å²) in [5.41, 5.74) is 6.92. The fourth-order valence-electron chi connectivity index (χ4n) is 3.04. The number of nitrogen functional groups attached to an aromatic ring is 1. The van der Waals surface area contributed by atoms with Gasteiger partial charge in [0.15, 0.2) is 11.6 Å². The van der Waals surface area contributed by atoms with Gasteiger partial charge in [0.25, 0.3) is 5.91 Å². The summed E-state index contributed by atoms with van der Waals surface area (Å²) in [4.78, 5) is 16.5. The highest BCUT2D eigenvalue weighted by Gasteiger charge is 2.15. The molecule has 1 aliphatic rings. The molecular weight excluding hydrogens is 401 g/mol. The van der Waals surface area contributed by atoms with E-state index in [1.54, 1.807) is 24.3 Å². The van der Waals surface area contributed by atoms with Crippen molar-refractivity contribution in [2.75, 3.05) is 25.5 Å². The van der Waals surface area contributed by atoms with Gasteiger partial charge < -0.3 is 20.5 Å². The molecule has 1 fully saturated rings. The van der Waals surface area contributed by atoms with Crippen molar-refractivity contribution < 1.29 is 14.3 Å². The number of carbonyl (C=O) groups excluding carboxylic acids is 1. The minimum Gasteiger partial charge on any atom is -0.485 e. The molecule has 0 radical (unpaired) electrons. The van der Waals surface area contributed by atoms with Crippen molar-refractivity contribution >= 4 is 34.9 Å². The standard InChI is InChI=1S/C20H23Cl2N3O3/c21-16-2-1-3-17(22)15(16)12-28-18-10-14(11-25-19(18)23)20(26)24-7-4-13-5-8-27-9-6-13/h1-3,10-11,13H,4-9,12H2,(H2,23,25)(H,24,26). The zero-order valence-electron chi connectivity index (χ0n) is 15.4. The molecular formula is C20H23Cl2N3O3. The van der Waals surface area contributed by atoms with Gasteiger partial charge in [0.2, 0.25) is 0 Å². The predicted molar refractivity (Wildman–Crippen MR) is 110 cm³/mol. The van der Waals surface area contributed by atoms with Crippen LogP contribution in [-0.4, -0.2) is 30.6 Å². The first-order valence-electron chi connectivity index (χ1n) is 9.21. The minimum atomic E-state index is -0.208. The number of hydrogen-bond donors (Lipinski definition) is 2. The Hall–Kier alpha value is -2.02. The van der Waals surface area contributed by atoms with Crippen LogP contribution in [-0.2, 0) is 11.3 Å². The van der Waals surface area contributed by atoms with Crippen molar-refractivity contribution in [3.63, 3.8) is 0 Å². The lowest BCUT2D eigenvalue weighted by molar-refractivity contribution is 0.0636. The molecule has 28 heavy (non-hydrogen) atoms. The maximum absolute atomic E-state index is 12.4. The third-order valence-corrected chi connectivity index (χ3v) is 5.46. The molecule has 0 spiro atoms. The van der Waals surface area contributed by atoms with Crippen LogP contribution in [0.1, 0.15) is 35.2 Å². The van der Waals surface area contributed by atoms with Crippen LogP contribution in [0, 0.1) is 5.92 Å². The molecule has 0 aliphatic carbocycles. The van der Waals surface area contributed by atoms with Gasteiger partial charge in [-0.05, 0) is 43.4 Å². The maximum atomic E-state index is 12.4. The van der Waals surface area contributed by atoms with Crippen molar-refractivity contribution in [3.05, 3.63) is 51.6 Å². The number of benzene rings is 1. The zero-order valence-corrected chi connectivity index (χ0v) is 16.9. The van der Waals surface area contributed by atoms with Crippen LogP contribution in [0.4, 0.5) is 5.82 Å². The van der Waals surface area contributed by atoms with Gasteiger partial charge in [0.05, 0.1) is 5.56 Å². The Morgan fingerprint density at radius 3 is 2.71 bits per heavy atom. The van der Waals surface area contributed by atoms with Gasteiger partial charge in [-0.3, -0.25) is 4.79 Å². The Labute approximate surface area is 174 Å². The molecule has 0 unspecified atom stereocenters. The van der Waals surface area contributed by atoms with Crippen LogP contribution in [0.2, 0.25) is 10.0 Å². The van der Waals surface area contributed by atoms with E-state index in [2.05, 4.69) is 10.3 Å². The summed E-state index contributed by atoms with van der Waals surface area (Å²) in [7, 11) is 0. The lowest BCUT2D eigenvalue weighted by atomic mass is 9.97. The molecule has 1 amide bonds. The summed E-state index contributed by atoms with van der Waals surface area (Å²) in [6.45, 7) is 2.34. The second-order valence-corrected chi connectivity index (χ2v) is 7.51. The summed E-state index contributed by atoms with van der Waals surface area (Å²) in [5, 5.41) is 3.93. The lowest BCUT2D eigenvalue weighted by Crippen LogP contribution is -2.27. The Balaban J connectivity index is 1.58. The summed E-state index contributed by atoms with van der Waals surface area (Å²) in [6.07, 6.45) is 4.46. The van der Waals surface area contributed by atoms with Gasteiger partial charge in [-0.15, -0.1) is 0 Å². The van der Waals surface area contributed by atoms with Crippen molar-refractivity contribution in [3.8, 4) is 5.75 Å². The second kappa shape index (κ2) is 9.96. The summed E-state index contributed by atoms with van der Waals surface area (Å²) in [6, 6.07) is 6.80. The molecule has 8 heteroatoms. The van der Waals surface area contributed by atoms with Crippen molar-refractivity contribution in [2.24, 2.45) is 5.92 Å². The Morgan fingerprint density at radius 2 is 2.00 bits per heavy atom. The molecule has 3 N–H and O–H groups in total. The first-order chi connectivity index (χ1) is 13.5. The van der Waals surface area contributed by atoms with Crippen LogP contribution in [0.3, 0.4) is 0 Å². The quantitative estimate of drug-likeness (QED) is 0.699. The number of pyridine rings is 1. The van der Waals surface area contributed by atoms with Crippen molar-refractivity contribution in [2.45, 2.75) is 25.9 Å². The first-order valence-corrected chi connectivity index (χ1v) is 9.97. The van der Waals surface area contributed by atoms with E-state index in [0.717, 1.165) is 32.5 Å². The normalized spacial score (nSPS) is 14.6. The number of amides is 1. The molecule has 0 atom stereocenters. The summed E-state index contributed by atoms with van der Waals surface area (Å²) < 4.78 is 11.1. The lowest BCUT2D eigenvalue weighted by Gasteiger charge is -2.21. The topological polar surface area (TPSA) is 86.5 Å². The largest absolute Gasteiger partial charge is 0.485 e. The number of hydrogen-bond acceptors (Lipinski definition) is 5. The Bertz CT molecular complexity index is 806. The Kier molecular flexibility index (Phi) is 7.36. The van der Waals surface area contributed by atoms with E-state index in [9.17, 15) is 4.79 Å². The van der Waals surface area contributed by atoms with Crippen molar-refractivity contribution in [1.29, 1.82) is 0 Å². The van der Waals surface area contributed by atoms with Gasteiger partial charge in [-0.25, -0.2) is 4.98 Å². The number of nitrogens with one attached hydrogen (secondary N) is 1. The van der Waals surface area contributed by atoms with E-state index in [1.807, 2.05) is 0 Å². The van der Waals surface area contributed by atoms with Gasteiger partial charge in [0.1, 0.15) is 6.61 Å². The molecule has 0 saturated carbocycles. The number of aromatic nitrogens is 1. The zero-order chi connectivity index (χ0) is 19.9. The highest BCUT2D eigenvalue weighted by Crippen LogP contribution is 2.27. The third-order valence-electron chi connectivity index (χ3n) is 4.76. The summed E-state index contributed by atoms with van der Waals surface area (Å²) >= 11 is 12.3. The third kappa shape index (κ3) is 5.50. The van der Waals surface area contributed by atoms with Gasteiger partial charge in [0, 0.05) is 41.6 Å². The number of rotatable bonds is 7. The SMILES string of the molecule is Nc1ncc(C(=O)NCCC2CCOCC2)cc1OCc1c(Cl)cccc1Cl. The number of anilines is 1. The van der Waals surface area contributed by atoms with E-state index < -0.39 is 0 Å². The van der Waals surface area contributed by atoms with E-state index in [4.69, 9.17) is 38.4 Å². The Morgan fingerprint density at radius 1 is 1.29 bits per heavy atom. The average molecular weight is 424 g/mol. The number of nitrogens with zero attached hydrogens (tertiary/aromatic N) is 1. The van der Waals surface area contributed by atoms with E-state index in [0.29, 0.717) is 39.4 Å². The highest BCUT2D eigenvalue weighted by molar-refractivity contribution is 6.35. The van der Waals surface area contributed by atoms with Crippen LogP contribution in [0.15, 0.2) is 30.5 Å². The number of halogens is 2. The molecule has 6 nitrogen and oxygen atoms in total. The number of ether oxygens (including phenoxy) is 2. The van der Waals surface area contributed by atoms with E-state index in [-0.39, 0.29) is 18.3 Å². The number of nitrogens with two attached hydrogens (primary N) is 1. The smallest absolute Gasteiger partial charge is 0.252 e. The maximum Gasteiger partial charge on any atom is 0.252 e. The molecule has 2 aromatic rings. The highest BCUT2D eigenvalue weighted by atomic mass is 35.5. The monoisotopic (exact) mass is 423 g/mol. The number of carbonyl (C=O) groups is 1. The fraction of sp³-hybridized carbons (Fsp3) is 0.400. The molecule has 1 saturated heterocycles. The van der Waals surface area contributed by atoms with Gasteiger partial charge in [-0.1, -0.05) is 29.3 Å². The van der Waals surface area contributed by atoms with Crippen LogP contribution >= 0.6 is 23.2 Å². The first kappa shape index (κ1) is 20.7. The van der Waals surface area contributed by atoms with E-state index >= 15 is 0 Å². The van der Waals surface area contributed by atoms with Crippen molar-refractivity contribution in [1.82, 2.24) is 10.3 Å². The molecule has 1 aromatic carbocycles. The molecule has 150 valence electrons. The fourth-order valence-corrected chi connectivity index (χ4v) is 3.55. The van der Waals surface area contributed by atoms with Crippen LogP contribution in [0.5, 0.6) is 5.75 Å². The van der Waals surface area contributed by atoms with Gasteiger partial charge in [-0.2, -0.15) is 0 Å². The molecule has 2 heterocycles. The minimum absolute atomic E-state index is 0.124. The van der Waals surface area contributed by atoms with E-state index in [1.165, 1.54) is 6.20 Å². The van der Waals surface area contributed by atoms with Gasteiger partial charge >= 0.3 is 0 Å². The molecule has 0 bridgehead atoms. The average Bonchev–Trinajstić information content (AvgIpc) is 2.69. The van der Waals surface area contributed by atoms with Crippen LogP contribution in [0.25, 0.3) is 0 Å². The molecule has 1 aromatic heterocycles.